The lowest BCUT2D eigenvalue weighted by molar-refractivity contribution is -0.122. The number of pyridine rings is 1. The maximum absolute atomic E-state index is 13.0. The molecule has 1 amide bonds. The molecule has 2 aliphatic carbocycles. The van der Waals surface area contributed by atoms with Gasteiger partial charge < -0.3 is 24.5 Å². The van der Waals surface area contributed by atoms with Crippen LogP contribution in [0, 0.1) is 0 Å². The van der Waals surface area contributed by atoms with Crippen LogP contribution in [0.4, 0.5) is 0 Å². The van der Waals surface area contributed by atoms with Gasteiger partial charge in [-0.2, -0.15) is 0 Å². The molecule has 3 heterocycles. The summed E-state index contributed by atoms with van der Waals surface area (Å²) in [5, 5.41) is 13.2. The number of carboxylic acid groups (broad SMARTS) is 1. The minimum Gasteiger partial charge on any atom is -0.494 e. The summed E-state index contributed by atoms with van der Waals surface area (Å²) >= 11 is 1.70. The standard InChI is InChI=1S/C29H33N3O6S/c1-37-28-18(7-8-19-26(28)32(17-5-6-17)16-21(27(19)34)29(35)36)24-15-20-22(3-2-4-23(20)39-24)30-25(33)9-10-31-11-13-38-14-12-31/h7-8,15-17,22H,2-6,9-14H2,1H3,(H,30,33)(H,35,36). The highest BCUT2D eigenvalue weighted by molar-refractivity contribution is 7.15. The van der Waals surface area contributed by atoms with Crippen LogP contribution in [0.3, 0.4) is 0 Å². The van der Waals surface area contributed by atoms with E-state index in [4.69, 9.17) is 9.47 Å². The van der Waals surface area contributed by atoms with Crippen LogP contribution in [0.1, 0.15) is 65.0 Å². The van der Waals surface area contributed by atoms with Gasteiger partial charge in [0.1, 0.15) is 5.56 Å². The number of hydrogen-bond acceptors (Lipinski definition) is 7. The van der Waals surface area contributed by atoms with Crippen molar-refractivity contribution in [2.75, 3.05) is 40.0 Å². The normalized spacial score (nSPS) is 19.6. The number of benzene rings is 1. The van der Waals surface area contributed by atoms with Crippen molar-refractivity contribution in [3.8, 4) is 16.2 Å². The van der Waals surface area contributed by atoms with Crippen LogP contribution in [0.15, 0.2) is 29.2 Å². The van der Waals surface area contributed by atoms with Crippen LogP contribution < -0.4 is 15.5 Å². The number of aryl methyl sites for hydroxylation is 1. The Balaban J connectivity index is 1.31. The molecule has 3 aromatic rings. The predicted molar refractivity (Wildman–Crippen MR) is 149 cm³/mol. The van der Waals surface area contributed by atoms with Crippen molar-refractivity contribution in [1.82, 2.24) is 14.8 Å². The van der Waals surface area contributed by atoms with Crippen molar-refractivity contribution >= 4 is 34.1 Å². The second kappa shape index (κ2) is 10.7. The van der Waals surface area contributed by atoms with Crippen LogP contribution in [0.5, 0.6) is 5.75 Å². The van der Waals surface area contributed by atoms with Gasteiger partial charge in [0.05, 0.1) is 37.3 Å². The van der Waals surface area contributed by atoms with Gasteiger partial charge in [-0.3, -0.25) is 14.5 Å². The molecule has 2 aromatic heterocycles. The van der Waals surface area contributed by atoms with E-state index in [1.54, 1.807) is 24.5 Å². The SMILES string of the molecule is COc1c(-c2cc3c(s2)CCCC3NC(=O)CCN2CCOCC2)ccc2c(=O)c(C(=O)O)cn(C3CC3)c12. The summed E-state index contributed by atoms with van der Waals surface area (Å²) < 4.78 is 13.2. The second-order valence-electron chi connectivity index (χ2n) is 10.6. The fraction of sp³-hybridized carbons (Fsp3) is 0.483. The van der Waals surface area contributed by atoms with Gasteiger partial charge in [0.15, 0.2) is 5.75 Å². The first-order valence-electron chi connectivity index (χ1n) is 13.7. The molecule has 2 N–H and O–H groups in total. The quantitative estimate of drug-likeness (QED) is 0.436. The van der Waals surface area contributed by atoms with Crippen LogP contribution in [-0.4, -0.2) is 66.4 Å². The first-order chi connectivity index (χ1) is 18.9. The molecule has 0 radical (unpaired) electrons. The van der Waals surface area contributed by atoms with E-state index in [0.29, 0.717) is 23.1 Å². The summed E-state index contributed by atoms with van der Waals surface area (Å²) in [4.78, 5) is 42.2. The van der Waals surface area contributed by atoms with E-state index in [1.165, 1.54) is 11.1 Å². The first-order valence-corrected chi connectivity index (χ1v) is 14.5. The Labute approximate surface area is 230 Å². The number of aromatic carboxylic acids is 1. The fourth-order valence-electron chi connectivity index (χ4n) is 5.80. The minimum atomic E-state index is -1.22. The maximum atomic E-state index is 13.0. The van der Waals surface area contributed by atoms with Crippen molar-refractivity contribution < 1.29 is 24.2 Å². The van der Waals surface area contributed by atoms with Crippen molar-refractivity contribution in [3.05, 3.63) is 50.6 Å². The van der Waals surface area contributed by atoms with Gasteiger partial charge in [0.2, 0.25) is 11.3 Å². The molecular formula is C29H33N3O6S. The molecule has 9 nitrogen and oxygen atoms in total. The zero-order valence-electron chi connectivity index (χ0n) is 22.0. The van der Waals surface area contributed by atoms with Gasteiger partial charge >= 0.3 is 5.97 Å². The van der Waals surface area contributed by atoms with Crippen LogP contribution in [0.25, 0.3) is 21.3 Å². The molecule has 1 saturated carbocycles. The smallest absolute Gasteiger partial charge is 0.341 e. The summed E-state index contributed by atoms with van der Waals surface area (Å²) in [5.41, 5.74) is 1.96. The van der Waals surface area contributed by atoms with Gasteiger partial charge in [-0.25, -0.2) is 4.79 Å². The summed E-state index contributed by atoms with van der Waals surface area (Å²) in [6.45, 7) is 3.93. The molecule has 1 saturated heterocycles. The van der Waals surface area contributed by atoms with Gasteiger partial charge in [0, 0.05) is 53.6 Å². The number of carbonyl (C=O) groups is 2. The third kappa shape index (κ3) is 5.08. The number of carboxylic acids is 1. The van der Waals surface area contributed by atoms with E-state index in [1.807, 2.05) is 10.6 Å². The average Bonchev–Trinajstić information content (AvgIpc) is 3.69. The molecule has 39 heavy (non-hydrogen) atoms. The van der Waals surface area contributed by atoms with Crippen molar-refractivity contribution in [2.45, 2.75) is 50.6 Å². The van der Waals surface area contributed by atoms with Crippen molar-refractivity contribution in [1.29, 1.82) is 0 Å². The molecule has 1 aliphatic heterocycles. The zero-order valence-corrected chi connectivity index (χ0v) is 22.8. The average molecular weight is 552 g/mol. The third-order valence-corrected chi connectivity index (χ3v) is 9.24. The Bertz CT molecular complexity index is 1480. The summed E-state index contributed by atoms with van der Waals surface area (Å²) in [6, 6.07) is 5.87. The van der Waals surface area contributed by atoms with E-state index in [0.717, 1.165) is 81.0 Å². The number of carbonyl (C=O) groups excluding carboxylic acids is 1. The number of aromatic nitrogens is 1. The highest BCUT2D eigenvalue weighted by Crippen LogP contribution is 2.46. The van der Waals surface area contributed by atoms with Gasteiger partial charge in [0.25, 0.3) is 0 Å². The number of amides is 1. The molecule has 0 spiro atoms. The number of morpholine rings is 1. The molecule has 206 valence electrons. The van der Waals surface area contributed by atoms with Crippen LogP contribution >= 0.6 is 11.3 Å². The molecule has 6 rings (SSSR count). The van der Waals surface area contributed by atoms with Crippen molar-refractivity contribution in [2.24, 2.45) is 0 Å². The zero-order chi connectivity index (χ0) is 27.1. The summed E-state index contributed by atoms with van der Waals surface area (Å²) in [5.74, 6) is -0.570. The fourth-order valence-corrected chi connectivity index (χ4v) is 7.09. The lowest BCUT2D eigenvalue weighted by atomic mass is 9.93. The Hall–Kier alpha value is -3.21. The first kappa shape index (κ1) is 26.0. The number of methoxy groups -OCH3 is 1. The molecule has 1 atom stereocenters. The number of ether oxygens (including phenoxy) is 2. The van der Waals surface area contributed by atoms with E-state index in [2.05, 4.69) is 16.3 Å². The molecular weight excluding hydrogens is 518 g/mol. The van der Waals surface area contributed by atoms with Gasteiger partial charge in [-0.1, -0.05) is 0 Å². The summed E-state index contributed by atoms with van der Waals surface area (Å²) in [7, 11) is 1.59. The molecule has 2 fully saturated rings. The third-order valence-electron chi connectivity index (χ3n) is 8.00. The van der Waals surface area contributed by atoms with E-state index in [-0.39, 0.29) is 23.6 Å². The topological polar surface area (TPSA) is 110 Å². The molecule has 1 unspecified atom stereocenters. The molecule has 10 heteroatoms. The lowest BCUT2D eigenvalue weighted by Crippen LogP contribution is -2.39. The largest absolute Gasteiger partial charge is 0.494 e. The van der Waals surface area contributed by atoms with Crippen molar-refractivity contribution in [3.63, 3.8) is 0 Å². The van der Waals surface area contributed by atoms with Crippen LogP contribution in [0.2, 0.25) is 0 Å². The Morgan fingerprint density at radius 2 is 2.00 bits per heavy atom. The number of fused-ring (bicyclic) bond motifs is 2. The van der Waals surface area contributed by atoms with Gasteiger partial charge in [-0.05, 0) is 55.9 Å². The van der Waals surface area contributed by atoms with E-state index in [9.17, 15) is 19.5 Å². The number of nitrogens with zero attached hydrogens (tertiary/aromatic N) is 2. The van der Waals surface area contributed by atoms with Gasteiger partial charge in [-0.15, -0.1) is 11.3 Å². The number of nitrogens with one attached hydrogen (secondary N) is 1. The Kier molecular flexibility index (Phi) is 7.18. The van der Waals surface area contributed by atoms with E-state index >= 15 is 0 Å². The Morgan fingerprint density at radius 1 is 1.21 bits per heavy atom. The number of rotatable bonds is 8. The molecule has 0 bridgehead atoms. The number of thiophene rings is 1. The Morgan fingerprint density at radius 3 is 2.72 bits per heavy atom. The van der Waals surface area contributed by atoms with E-state index < -0.39 is 11.4 Å². The molecule has 3 aliphatic rings. The summed E-state index contributed by atoms with van der Waals surface area (Å²) in [6.07, 6.45) is 6.69. The highest BCUT2D eigenvalue weighted by Gasteiger charge is 2.30. The number of hydrogen-bond donors (Lipinski definition) is 2. The highest BCUT2D eigenvalue weighted by atomic mass is 32.1. The van der Waals surface area contributed by atoms with Crippen LogP contribution in [-0.2, 0) is 16.0 Å². The maximum Gasteiger partial charge on any atom is 0.341 e. The lowest BCUT2D eigenvalue weighted by Gasteiger charge is -2.27. The monoisotopic (exact) mass is 551 g/mol. The molecule has 1 aromatic carbocycles. The predicted octanol–water partition coefficient (Wildman–Crippen LogP) is 3.99. The minimum absolute atomic E-state index is 0.0230. The second-order valence-corrected chi connectivity index (χ2v) is 11.7.